The van der Waals surface area contributed by atoms with Crippen molar-refractivity contribution < 1.29 is 14.2 Å². The van der Waals surface area contributed by atoms with E-state index in [1.54, 1.807) is 0 Å². The molecule has 0 aliphatic rings. The number of hydrogen-bond acceptors (Lipinski definition) is 3. The average Bonchev–Trinajstić information content (AvgIpc) is 2.74. The fourth-order valence-electron chi connectivity index (χ4n) is 2.70. The standard InChI is InChI=1S/C24H26O3/c1-4-10-21(11-5-1)16-25-19-24(27-18-23-14-8-3-9-15-23)20-26-17-22-12-6-2-7-13-22/h1-15,24H,16-20H2. The molecule has 0 radical (unpaired) electrons. The summed E-state index contributed by atoms with van der Waals surface area (Å²) in [7, 11) is 0. The number of ether oxygens (including phenoxy) is 3. The van der Waals surface area contributed by atoms with Crippen LogP contribution in [0.25, 0.3) is 0 Å². The van der Waals surface area contributed by atoms with E-state index in [-0.39, 0.29) is 6.10 Å². The predicted octanol–water partition coefficient (Wildman–Crippen LogP) is 5.01. The molecular weight excluding hydrogens is 336 g/mol. The third-order valence-corrected chi connectivity index (χ3v) is 4.16. The van der Waals surface area contributed by atoms with Gasteiger partial charge in [-0.1, -0.05) is 91.0 Å². The highest BCUT2D eigenvalue weighted by molar-refractivity contribution is 5.15. The highest BCUT2D eigenvalue weighted by atomic mass is 16.6. The van der Waals surface area contributed by atoms with Crippen molar-refractivity contribution in [3.63, 3.8) is 0 Å². The molecule has 0 saturated carbocycles. The van der Waals surface area contributed by atoms with Crippen molar-refractivity contribution in [1.29, 1.82) is 0 Å². The van der Waals surface area contributed by atoms with Crippen LogP contribution >= 0.6 is 0 Å². The van der Waals surface area contributed by atoms with Crippen LogP contribution in [-0.2, 0) is 34.0 Å². The van der Waals surface area contributed by atoms with E-state index in [0.29, 0.717) is 33.0 Å². The van der Waals surface area contributed by atoms with E-state index in [4.69, 9.17) is 14.2 Å². The molecule has 0 fully saturated rings. The second-order valence-electron chi connectivity index (χ2n) is 6.42. The van der Waals surface area contributed by atoms with E-state index in [0.717, 1.165) is 16.7 Å². The quantitative estimate of drug-likeness (QED) is 0.480. The van der Waals surface area contributed by atoms with Crippen LogP contribution in [0.3, 0.4) is 0 Å². The second kappa shape index (κ2) is 11.3. The van der Waals surface area contributed by atoms with Crippen molar-refractivity contribution in [3.8, 4) is 0 Å². The average molecular weight is 362 g/mol. The third kappa shape index (κ3) is 7.35. The molecule has 0 aliphatic carbocycles. The lowest BCUT2D eigenvalue weighted by atomic mass is 10.2. The Balaban J connectivity index is 1.47. The maximum atomic E-state index is 6.05. The highest BCUT2D eigenvalue weighted by Gasteiger charge is 2.11. The molecule has 3 rings (SSSR count). The van der Waals surface area contributed by atoms with Crippen LogP contribution in [0.5, 0.6) is 0 Å². The van der Waals surface area contributed by atoms with Crippen LogP contribution in [0.1, 0.15) is 16.7 Å². The summed E-state index contributed by atoms with van der Waals surface area (Å²) in [6, 6.07) is 30.5. The van der Waals surface area contributed by atoms with Gasteiger partial charge in [0.05, 0.1) is 33.0 Å². The summed E-state index contributed by atoms with van der Waals surface area (Å²) in [5.74, 6) is 0. The SMILES string of the molecule is c1ccc(COCC(COCc2ccccc2)OCc2ccccc2)cc1. The van der Waals surface area contributed by atoms with Crippen LogP contribution in [0.4, 0.5) is 0 Å². The molecule has 3 aromatic carbocycles. The molecule has 3 aromatic rings. The van der Waals surface area contributed by atoms with Crippen molar-refractivity contribution in [2.24, 2.45) is 0 Å². The van der Waals surface area contributed by atoms with Gasteiger partial charge in [0.1, 0.15) is 6.10 Å². The normalized spacial score (nSPS) is 11.0. The Hall–Kier alpha value is -2.46. The third-order valence-electron chi connectivity index (χ3n) is 4.16. The molecule has 0 aliphatic heterocycles. The minimum atomic E-state index is -0.113. The molecule has 0 bridgehead atoms. The minimum absolute atomic E-state index is 0.113. The van der Waals surface area contributed by atoms with Gasteiger partial charge in [0.25, 0.3) is 0 Å². The Morgan fingerprint density at radius 3 is 1.26 bits per heavy atom. The van der Waals surface area contributed by atoms with Gasteiger partial charge in [-0.2, -0.15) is 0 Å². The van der Waals surface area contributed by atoms with E-state index in [1.165, 1.54) is 0 Å². The van der Waals surface area contributed by atoms with Gasteiger partial charge in [0.2, 0.25) is 0 Å². The lowest BCUT2D eigenvalue weighted by molar-refractivity contribution is -0.0729. The molecule has 140 valence electrons. The summed E-state index contributed by atoms with van der Waals surface area (Å²) in [6.07, 6.45) is -0.113. The molecular formula is C24H26O3. The Morgan fingerprint density at radius 2 is 0.852 bits per heavy atom. The van der Waals surface area contributed by atoms with Gasteiger partial charge in [0.15, 0.2) is 0 Å². The van der Waals surface area contributed by atoms with Gasteiger partial charge in [-0.15, -0.1) is 0 Å². The van der Waals surface area contributed by atoms with Crippen LogP contribution < -0.4 is 0 Å². The van der Waals surface area contributed by atoms with Crippen molar-refractivity contribution in [1.82, 2.24) is 0 Å². The summed E-state index contributed by atoms with van der Waals surface area (Å²) in [5.41, 5.74) is 3.46. The Labute approximate surface area is 161 Å². The zero-order valence-corrected chi connectivity index (χ0v) is 15.5. The van der Waals surface area contributed by atoms with Gasteiger partial charge >= 0.3 is 0 Å². The highest BCUT2D eigenvalue weighted by Crippen LogP contribution is 2.08. The molecule has 3 nitrogen and oxygen atoms in total. The van der Waals surface area contributed by atoms with E-state index in [9.17, 15) is 0 Å². The molecule has 0 amide bonds. The first-order chi connectivity index (χ1) is 13.4. The van der Waals surface area contributed by atoms with Crippen LogP contribution in [0.15, 0.2) is 91.0 Å². The van der Waals surface area contributed by atoms with Gasteiger partial charge in [-0.25, -0.2) is 0 Å². The van der Waals surface area contributed by atoms with Crippen molar-refractivity contribution in [2.45, 2.75) is 25.9 Å². The Bertz CT molecular complexity index is 699. The first-order valence-corrected chi connectivity index (χ1v) is 9.29. The molecule has 0 N–H and O–H groups in total. The van der Waals surface area contributed by atoms with Crippen LogP contribution in [-0.4, -0.2) is 19.3 Å². The smallest absolute Gasteiger partial charge is 0.105 e. The maximum absolute atomic E-state index is 6.05. The fourth-order valence-corrected chi connectivity index (χ4v) is 2.70. The van der Waals surface area contributed by atoms with Gasteiger partial charge in [0, 0.05) is 0 Å². The summed E-state index contributed by atoms with van der Waals surface area (Å²) in [6.45, 7) is 2.69. The lowest BCUT2D eigenvalue weighted by Crippen LogP contribution is -2.25. The molecule has 0 atom stereocenters. The summed E-state index contributed by atoms with van der Waals surface area (Å²) in [5, 5.41) is 0. The van der Waals surface area contributed by atoms with E-state index >= 15 is 0 Å². The molecule has 0 saturated heterocycles. The number of rotatable bonds is 11. The van der Waals surface area contributed by atoms with Gasteiger partial charge in [-0.3, -0.25) is 0 Å². The minimum Gasteiger partial charge on any atom is -0.374 e. The van der Waals surface area contributed by atoms with Crippen molar-refractivity contribution in [2.75, 3.05) is 13.2 Å². The predicted molar refractivity (Wildman–Crippen MR) is 107 cm³/mol. The van der Waals surface area contributed by atoms with Crippen LogP contribution in [0.2, 0.25) is 0 Å². The largest absolute Gasteiger partial charge is 0.374 e. The van der Waals surface area contributed by atoms with E-state index in [2.05, 4.69) is 36.4 Å². The molecule has 0 unspecified atom stereocenters. The molecule has 0 aromatic heterocycles. The maximum Gasteiger partial charge on any atom is 0.105 e. The van der Waals surface area contributed by atoms with Crippen LogP contribution in [0, 0.1) is 0 Å². The van der Waals surface area contributed by atoms with E-state index < -0.39 is 0 Å². The monoisotopic (exact) mass is 362 g/mol. The molecule has 0 spiro atoms. The summed E-state index contributed by atoms with van der Waals surface area (Å²) >= 11 is 0. The zero-order chi connectivity index (χ0) is 18.6. The molecule has 27 heavy (non-hydrogen) atoms. The number of hydrogen-bond donors (Lipinski definition) is 0. The van der Waals surface area contributed by atoms with Gasteiger partial charge in [-0.05, 0) is 16.7 Å². The van der Waals surface area contributed by atoms with Crippen molar-refractivity contribution in [3.05, 3.63) is 108 Å². The molecule has 3 heteroatoms. The van der Waals surface area contributed by atoms with Gasteiger partial charge < -0.3 is 14.2 Å². The first-order valence-electron chi connectivity index (χ1n) is 9.29. The van der Waals surface area contributed by atoms with E-state index in [1.807, 2.05) is 54.6 Å². The topological polar surface area (TPSA) is 27.7 Å². The Morgan fingerprint density at radius 1 is 0.481 bits per heavy atom. The second-order valence-corrected chi connectivity index (χ2v) is 6.42. The molecule has 0 heterocycles. The lowest BCUT2D eigenvalue weighted by Gasteiger charge is -2.18. The number of benzene rings is 3. The first kappa shape index (κ1) is 19.3. The zero-order valence-electron chi connectivity index (χ0n) is 15.5. The summed E-state index contributed by atoms with van der Waals surface area (Å²) < 4.78 is 17.8. The van der Waals surface area contributed by atoms with Crippen molar-refractivity contribution >= 4 is 0 Å². The summed E-state index contributed by atoms with van der Waals surface area (Å²) in [4.78, 5) is 0. The fraction of sp³-hybridized carbons (Fsp3) is 0.250. The Kier molecular flexibility index (Phi) is 8.08.